The molecule has 0 amide bonds. The maximum atomic E-state index is 5.50. The number of aryl methyl sites for hydroxylation is 1. The van der Waals surface area contributed by atoms with Crippen molar-refractivity contribution in [3.8, 4) is 11.3 Å². The van der Waals surface area contributed by atoms with Gasteiger partial charge < -0.3 is 9.73 Å². The molecule has 5 heteroatoms. The summed E-state index contributed by atoms with van der Waals surface area (Å²) in [5, 5.41) is 7.60. The molecule has 0 spiro atoms. The molecule has 0 unspecified atom stereocenters. The Morgan fingerprint density at radius 2 is 2.22 bits per heavy atom. The van der Waals surface area contributed by atoms with Crippen LogP contribution in [0.1, 0.15) is 25.2 Å². The van der Waals surface area contributed by atoms with E-state index in [4.69, 9.17) is 4.42 Å². The van der Waals surface area contributed by atoms with Gasteiger partial charge in [-0.05, 0) is 19.4 Å². The van der Waals surface area contributed by atoms with Crippen LogP contribution in [0.25, 0.3) is 11.3 Å². The first-order valence-corrected chi connectivity index (χ1v) is 6.21. The van der Waals surface area contributed by atoms with Gasteiger partial charge >= 0.3 is 0 Å². The molecular formula is C13H20N4O. The van der Waals surface area contributed by atoms with E-state index in [1.807, 2.05) is 24.9 Å². The van der Waals surface area contributed by atoms with Gasteiger partial charge in [-0.25, -0.2) is 4.98 Å². The molecule has 0 saturated heterocycles. The minimum absolute atomic E-state index is 0.625. The van der Waals surface area contributed by atoms with Crippen LogP contribution in [0.5, 0.6) is 0 Å². The molecule has 2 rings (SSSR count). The topological polar surface area (TPSA) is 55.9 Å². The van der Waals surface area contributed by atoms with E-state index in [0.717, 1.165) is 35.8 Å². The Morgan fingerprint density at radius 1 is 1.44 bits per heavy atom. The van der Waals surface area contributed by atoms with Crippen LogP contribution < -0.4 is 5.32 Å². The van der Waals surface area contributed by atoms with Crippen LogP contribution >= 0.6 is 0 Å². The highest BCUT2D eigenvalue weighted by molar-refractivity contribution is 5.61. The Labute approximate surface area is 107 Å². The molecule has 0 atom stereocenters. The summed E-state index contributed by atoms with van der Waals surface area (Å²) in [5.74, 6) is 1.44. The summed E-state index contributed by atoms with van der Waals surface area (Å²) in [6.45, 7) is 8.08. The molecule has 0 aliphatic heterocycles. The van der Waals surface area contributed by atoms with Crippen molar-refractivity contribution in [1.29, 1.82) is 0 Å². The number of hydrogen-bond acceptors (Lipinski definition) is 4. The molecule has 0 saturated carbocycles. The summed E-state index contributed by atoms with van der Waals surface area (Å²) in [5.41, 5.74) is 3.03. The third kappa shape index (κ3) is 2.61. The second-order valence-corrected chi connectivity index (χ2v) is 4.92. The third-order valence-electron chi connectivity index (χ3n) is 2.97. The molecule has 0 aliphatic carbocycles. The molecular weight excluding hydrogens is 228 g/mol. The Hall–Kier alpha value is -1.62. The zero-order valence-electron chi connectivity index (χ0n) is 11.4. The lowest BCUT2D eigenvalue weighted by atomic mass is 10.1. The van der Waals surface area contributed by atoms with E-state index in [0.29, 0.717) is 5.92 Å². The zero-order chi connectivity index (χ0) is 13.1. The van der Waals surface area contributed by atoms with E-state index in [1.165, 1.54) is 6.39 Å². The van der Waals surface area contributed by atoms with Gasteiger partial charge in [0.25, 0.3) is 0 Å². The average molecular weight is 248 g/mol. The molecule has 98 valence electrons. The van der Waals surface area contributed by atoms with E-state index < -0.39 is 0 Å². The number of hydrogen-bond donors (Lipinski definition) is 1. The van der Waals surface area contributed by atoms with Gasteiger partial charge in [0.15, 0.2) is 12.2 Å². The molecule has 0 bridgehead atoms. The Morgan fingerprint density at radius 3 is 2.83 bits per heavy atom. The van der Waals surface area contributed by atoms with Gasteiger partial charge in [-0.1, -0.05) is 13.8 Å². The first-order valence-electron chi connectivity index (χ1n) is 6.21. The van der Waals surface area contributed by atoms with Gasteiger partial charge in [-0.3, -0.25) is 4.68 Å². The fraction of sp³-hybridized carbons (Fsp3) is 0.538. The van der Waals surface area contributed by atoms with Crippen molar-refractivity contribution in [2.45, 2.75) is 27.3 Å². The maximum absolute atomic E-state index is 5.50. The Balaban J connectivity index is 2.15. The predicted octanol–water partition coefficient (Wildman–Crippen LogP) is 2.13. The smallest absolute Gasteiger partial charge is 0.181 e. The van der Waals surface area contributed by atoms with Crippen molar-refractivity contribution in [3.05, 3.63) is 24.0 Å². The van der Waals surface area contributed by atoms with E-state index >= 15 is 0 Å². The molecule has 0 radical (unpaired) electrons. The van der Waals surface area contributed by atoms with Gasteiger partial charge in [0, 0.05) is 19.3 Å². The summed E-state index contributed by atoms with van der Waals surface area (Å²) in [7, 11) is 1.92. The summed E-state index contributed by atoms with van der Waals surface area (Å²) < 4.78 is 7.33. The number of nitrogens with one attached hydrogen (secondary N) is 1. The first kappa shape index (κ1) is 12.8. The fourth-order valence-corrected chi connectivity index (χ4v) is 1.82. The van der Waals surface area contributed by atoms with Gasteiger partial charge in [-0.15, -0.1) is 0 Å². The molecule has 2 aromatic rings. The van der Waals surface area contributed by atoms with Crippen LogP contribution in [-0.4, -0.2) is 21.3 Å². The second kappa shape index (κ2) is 5.35. The standard InChI is InChI=1S/C13H20N4O/c1-9(2)5-14-7-12-13(18-8-15-12)11-6-16-17(4)10(11)3/h6,8-9,14H,5,7H2,1-4H3. The summed E-state index contributed by atoms with van der Waals surface area (Å²) >= 11 is 0. The summed E-state index contributed by atoms with van der Waals surface area (Å²) in [6, 6.07) is 0. The molecule has 0 aromatic carbocycles. The molecule has 2 aromatic heterocycles. The highest BCUT2D eigenvalue weighted by Crippen LogP contribution is 2.25. The van der Waals surface area contributed by atoms with Crippen LogP contribution in [0.2, 0.25) is 0 Å². The van der Waals surface area contributed by atoms with Gasteiger partial charge in [0.05, 0.1) is 11.8 Å². The summed E-state index contributed by atoms with van der Waals surface area (Å²) in [4.78, 5) is 4.27. The predicted molar refractivity (Wildman–Crippen MR) is 70.0 cm³/mol. The Kier molecular flexibility index (Phi) is 3.81. The maximum Gasteiger partial charge on any atom is 0.181 e. The number of nitrogens with zero attached hydrogens (tertiary/aromatic N) is 3. The van der Waals surface area contributed by atoms with Crippen molar-refractivity contribution in [1.82, 2.24) is 20.1 Å². The monoisotopic (exact) mass is 248 g/mol. The van der Waals surface area contributed by atoms with E-state index in [-0.39, 0.29) is 0 Å². The summed E-state index contributed by atoms with van der Waals surface area (Å²) in [6.07, 6.45) is 3.32. The van der Waals surface area contributed by atoms with Crippen molar-refractivity contribution in [2.75, 3.05) is 6.54 Å². The van der Waals surface area contributed by atoms with E-state index in [1.54, 1.807) is 0 Å². The normalized spacial score (nSPS) is 11.4. The lowest BCUT2D eigenvalue weighted by molar-refractivity contribution is 0.545. The van der Waals surface area contributed by atoms with Crippen LogP contribution in [0.3, 0.4) is 0 Å². The highest BCUT2D eigenvalue weighted by Gasteiger charge is 2.15. The lowest BCUT2D eigenvalue weighted by Crippen LogP contribution is -2.19. The third-order valence-corrected chi connectivity index (χ3v) is 2.97. The molecule has 18 heavy (non-hydrogen) atoms. The van der Waals surface area contributed by atoms with Crippen LogP contribution in [-0.2, 0) is 13.6 Å². The minimum Gasteiger partial charge on any atom is -0.443 e. The second-order valence-electron chi connectivity index (χ2n) is 4.92. The molecule has 0 fully saturated rings. The molecule has 5 nitrogen and oxygen atoms in total. The van der Waals surface area contributed by atoms with Crippen molar-refractivity contribution >= 4 is 0 Å². The first-order chi connectivity index (χ1) is 8.59. The molecule has 1 N–H and O–H groups in total. The largest absolute Gasteiger partial charge is 0.443 e. The number of oxazole rings is 1. The van der Waals surface area contributed by atoms with Gasteiger partial charge in [0.1, 0.15) is 5.69 Å². The van der Waals surface area contributed by atoms with Crippen LogP contribution in [0.4, 0.5) is 0 Å². The van der Waals surface area contributed by atoms with Crippen LogP contribution in [0.15, 0.2) is 17.0 Å². The molecule has 0 aliphatic rings. The zero-order valence-corrected chi connectivity index (χ0v) is 11.4. The van der Waals surface area contributed by atoms with Gasteiger partial charge in [0.2, 0.25) is 0 Å². The van der Waals surface area contributed by atoms with E-state index in [9.17, 15) is 0 Å². The van der Waals surface area contributed by atoms with Gasteiger partial charge in [-0.2, -0.15) is 5.10 Å². The number of rotatable bonds is 5. The Bertz CT molecular complexity index is 513. The quantitative estimate of drug-likeness (QED) is 0.880. The minimum atomic E-state index is 0.625. The fourth-order valence-electron chi connectivity index (χ4n) is 1.82. The van der Waals surface area contributed by atoms with Crippen LogP contribution in [0, 0.1) is 12.8 Å². The van der Waals surface area contributed by atoms with Crippen molar-refractivity contribution in [3.63, 3.8) is 0 Å². The van der Waals surface area contributed by atoms with Crippen molar-refractivity contribution in [2.24, 2.45) is 13.0 Å². The molecule has 2 heterocycles. The number of aromatic nitrogens is 3. The SMILES string of the molecule is Cc1c(-c2ocnc2CNCC(C)C)cnn1C. The average Bonchev–Trinajstić information content (AvgIpc) is 2.88. The van der Waals surface area contributed by atoms with E-state index in [2.05, 4.69) is 29.2 Å². The van der Waals surface area contributed by atoms with Crippen molar-refractivity contribution < 1.29 is 4.42 Å². The lowest BCUT2D eigenvalue weighted by Gasteiger charge is -2.06. The highest BCUT2D eigenvalue weighted by atomic mass is 16.3.